The van der Waals surface area contributed by atoms with E-state index in [4.69, 9.17) is 10.5 Å². The van der Waals surface area contributed by atoms with Gasteiger partial charge >= 0.3 is 0 Å². The average molecular weight is 249 g/mol. The Labute approximate surface area is 107 Å². The standard InChI is InChI=1S/C14H19NOS/c1-9-2-3-13-11(6-9)12(15)7-14(16-13)10-4-5-17-8-10/h2-3,6,10,12,14H,4-5,7-8,15H2,1H3/t10?,12-,14?/m0/s1. The van der Waals surface area contributed by atoms with Crippen molar-refractivity contribution >= 4 is 11.8 Å². The number of rotatable bonds is 1. The molecule has 0 aromatic heterocycles. The summed E-state index contributed by atoms with van der Waals surface area (Å²) in [6, 6.07) is 6.50. The molecule has 0 bridgehead atoms. The third-order valence-corrected chi connectivity index (χ3v) is 5.01. The summed E-state index contributed by atoms with van der Waals surface area (Å²) in [4.78, 5) is 0. The zero-order chi connectivity index (χ0) is 11.8. The van der Waals surface area contributed by atoms with Gasteiger partial charge in [-0.05, 0) is 30.9 Å². The molecule has 3 atom stereocenters. The second-order valence-corrected chi connectivity index (χ2v) is 6.31. The highest BCUT2D eigenvalue weighted by atomic mass is 32.2. The molecule has 0 radical (unpaired) electrons. The van der Waals surface area contributed by atoms with Gasteiger partial charge in [-0.15, -0.1) is 0 Å². The maximum absolute atomic E-state index is 6.29. The third kappa shape index (κ3) is 2.18. The minimum Gasteiger partial charge on any atom is -0.490 e. The van der Waals surface area contributed by atoms with Crippen LogP contribution in [0, 0.1) is 12.8 Å². The number of ether oxygens (including phenoxy) is 1. The molecule has 2 N–H and O–H groups in total. The summed E-state index contributed by atoms with van der Waals surface area (Å²) in [6.07, 6.45) is 2.58. The van der Waals surface area contributed by atoms with E-state index in [-0.39, 0.29) is 6.04 Å². The summed E-state index contributed by atoms with van der Waals surface area (Å²) >= 11 is 2.04. The number of hydrogen-bond donors (Lipinski definition) is 1. The van der Waals surface area contributed by atoms with Crippen LogP contribution >= 0.6 is 11.8 Å². The summed E-state index contributed by atoms with van der Waals surface area (Å²) in [5, 5.41) is 0. The zero-order valence-corrected chi connectivity index (χ0v) is 11.0. The van der Waals surface area contributed by atoms with Crippen LogP contribution in [-0.4, -0.2) is 17.6 Å². The van der Waals surface area contributed by atoms with Crippen LogP contribution in [0.2, 0.25) is 0 Å². The lowest BCUT2D eigenvalue weighted by atomic mass is 9.89. The fraction of sp³-hybridized carbons (Fsp3) is 0.571. The van der Waals surface area contributed by atoms with Crippen LogP contribution in [0.4, 0.5) is 0 Å². The first-order chi connectivity index (χ1) is 8.24. The van der Waals surface area contributed by atoms with Crippen LogP contribution < -0.4 is 10.5 Å². The van der Waals surface area contributed by atoms with Crippen LogP contribution in [-0.2, 0) is 0 Å². The zero-order valence-electron chi connectivity index (χ0n) is 10.2. The van der Waals surface area contributed by atoms with E-state index < -0.39 is 0 Å². The molecule has 0 saturated carbocycles. The number of aryl methyl sites for hydroxylation is 1. The molecule has 2 aliphatic rings. The lowest BCUT2D eigenvalue weighted by Gasteiger charge is -2.33. The van der Waals surface area contributed by atoms with Crippen LogP contribution in [0.1, 0.15) is 30.0 Å². The number of fused-ring (bicyclic) bond motifs is 1. The molecule has 1 saturated heterocycles. The monoisotopic (exact) mass is 249 g/mol. The number of nitrogens with two attached hydrogens (primary N) is 1. The van der Waals surface area contributed by atoms with Crippen molar-refractivity contribution in [1.29, 1.82) is 0 Å². The fourth-order valence-corrected chi connectivity index (χ4v) is 4.11. The van der Waals surface area contributed by atoms with Gasteiger partial charge in [-0.1, -0.05) is 17.7 Å². The van der Waals surface area contributed by atoms with Crippen LogP contribution in [0.15, 0.2) is 18.2 Å². The minimum atomic E-state index is 0.147. The van der Waals surface area contributed by atoms with Gasteiger partial charge in [0.25, 0.3) is 0 Å². The van der Waals surface area contributed by atoms with Gasteiger partial charge in [-0.2, -0.15) is 11.8 Å². The Bertz CT molecular complexity index is 415. The quantitative estimate of drug-likeness (QED) is 0.831. The molecule has 2 unspecified atom stereocenters. The maximum atomic E-state index is 6.29. The van der Waals surface area contributed by atoms with Crippen molar-refractivity contribution in [2.45, 2.75) is 31.9 Å². The first-order valence-corrected chi connectivity index (χ1v) is 7.50. The first kappa shape index (κ1) is 11.4. The molecule has 1 aromatic carbocycles. The highest BCUT2D eigenvalue weighted by Crippen LogP contribution is 2.39. The van der Waals surface area contributed by atoms with Gasteiger partial charge in [0.2, 0.25) is 0 Å². The number of thioether (sulfide) groups is 1. The molecule has 0 amide bonds. The molecule has 0 spiro atoms. The Hall–Kier alpha value is -0.670. The van der Waals surface area contributed by atoms with Crippen LogP contribution in [0.25, 0.3) is 0 Å². The van der Waals surface area contributed by atoms with Gasteiger partial charge in [-0.25, -0.2) is 0 Å². The molecule has 2 nitrogen and oxygen atoms in total. The predicted octanol–water partition coefficient (Wildman–Crippen LogP) is 2.90. The van der Waals surface area contributed by atoms with E-state index in [1.165, 1.54) is 29.1 Å². The SMILES string of the molecule is Cc1ccc2c(c1)[C@@H](N)CC(C1CCSC1)O2. The molecule has 3 rings (SSSR count). The summed E-state index contributed by atoms with van der Waals surface area (Å²) in [7, 11) is 0. The lowest BCUT2D eigenvalue weighted by molar-refractivity contribution is 0.110. The maximum Gasteiger partial charge on any atom is 0.124 e. The number of benzene rings is 1. The Morgan fingerprint density at radius 3 is 3.06 bits per heavy atom. The van der Waals surface area contributed by atoms with Gasteiger partial charge in [0.15, 0.2) is 0 Å². The smallest absolute Gasteiger partial charge is 0.124 e. The van der Waals surface area contributed by atoms with Crippen molar-refractivity contribution in [2.24, 2.45) is 11.7 Å². The van der Waals surface area contributed by atoms with Crippen molar-refractivity contribution in [2.75, 3.05) is 11.5 Å². The molecular weight excluding hydrogens is 230 g/mol. The second-order valence-electron chi connectivity index (χ2n) is 5.16. The van der Waals surface area contributed by atoms with E-state index >= 15 is 0 Å². The third-order valence-electron chi connectivity index (χ3n) is 3.82. The molecule has 1 fully saturated rings. The Morgan fingerprint density at radius 2 is 2.29 bits per heavy atom. The molecule has 1 aromatic rings. The summed E-state index contributed by atoms with van der Waals surface area (Å²) in [6.45, 7) is 2.10. The van der Waals surface area contributed by atoms with Crippen molar-refractivity contribution in [1.82, 2.24) is 0 Å². The highest BCUT2D eigenvalue weighted by Gasteiger charge is 2.33. The Kier molecular flexibility index (Phi) is 3.05. The van der Waals surface area contributed by atoms with E-state index in [2.05, 4.69) is 25.1 Å². The van der Waals surface area contributed by atoms with E-state index in [0.29, 0.717) is 12.0 Å². The van der Waals surface area contributed by atoms with Crippen molar-refractivity contribution in [3.8, 4) is 5.75 Å². The van der Waals surface area contributed by atoms with Gasteiger partial charge in [0.1, 0.15) is 11.9 Å². The summed E-state index contributed by atoms with van der Waals surface area (Å²) in [5.74, 6) is 4.22. The van der Waals surface area contributed by atoms with Gasteiger partial charge < -0.3 is 10.5 Å². The molecular formula is C14H19NOS. The lowest BCUT2D eigenvalue weighted by Crippen LogP contribution is -2.35. The van der Waals surface area contributed by atoms with E-state index in [0.717, 1.165) is 12.2 Å². The van der Waals surface area contributed by atoms with Crippen molar-refractivity contribution in [3.63, 3.8) is 0 Å². The second kappa shape index (κ2) is 4.54. The molecule has 0 aliphatic carbocycles. The normalized spacial score (nSPS) is 32.0. The van der Waals surface area contributed by atoms with Crippen LogP contribution in [0.5, 0.6) is 5.75 Å². The number of hydrogen-bond acceptors (Lipinski definition) is 3. The minimum absolute atomic E-state index is 0.147. The molecule has 2 heterocycles. The summed E-state index contributed by atoms with van der Waals surface area (Å²) < 4.78 is 6.15. The highest BCUT2D eigenvalue weighted by molar-refractivity contribution is 7.99. The predicted molar refractivity (Wildman–Crippen MR) is 72.6 cm³/mol. The largest absolute Gasteiger partial charge is 0.490 e. The average Bonchev–Trinajstić information content (AvgIpc) is 2.83. The molecule has 3 heteroatoms. The Balaban J connectivity index is 1.84. The van der Waals surface area contributed by atoms with E-state index in [1.807, 2.05) is 11.8 Å². The van der Waals surface area contributed by atoms with Gasteiger partial charge in [0, 0.05) is 23.9 Å². The first-order valence-electron chi connectivity index (χ1n) is 6.34. The fourth-order valence-electron chi connectivity index (χ4n) is 2.79. The van der Waals surface area contributed by atoms with E-state index in [9.17, 15) is 0 Å². The van der Waals surface area contributed by atoms with E-state index in [1.54, 1.807) is 0 Å². The summed E-state index contributed by atoms with van der Waals surface area (Å²) in [5.41, 5.74) is 8.74. The molecule has 17 heavy (non-hydrogen) atoms. The molecule has 92 valence electrons. The van der Waals surface area contributed by atoms with Crippen LogP contribution in [0.3, 0.4) is 0 Å². The van der Waals surface area contributed by atoms with Gasteiger partial charge in [0.05, 0.1) is 0 Å². The van der Waals surface area contributed by atoms with Crippen molar-refractivity contribution in [3.05, 3.63) is 29.3 Å². The van der Waals surface area contributed by atoms with Gasteiger partial charge in [-0.3, -0.25) is 0 Å². The topological polar surface area (TPSA) is 35.2 Å². The molecule has 2 aliphatic heterocycles. The van der Waals surface area contributed by atoms with Crippen molar-refractivity contribution < 1.29 is 4.74 Å². The Morgan fingerprint density at radius 1 is 1.41 bits per heavy atom.